The van der Waals surface area contributed by atoms with Crippen LogP contribution in [0.4, 0.5) is 11.4 Å². The Kier molecular flexibility index (Phi) is 10.9. The number of ether oxygens (including phenoxy) is 2. The van der Waals surface area contributed by atoms with Crippen molar-refractivity contribution in [2.75, 3.05) is 23.7 Å². The molecule has 0 saturated carbocycles. The largest absolute Gasteiger partial charge is 0.495 e. The zero-order valence-corrected chi connectivity index (χ0v) is 28.4. The van der Waals surface area contributed by atoms with E-state index in [4.69, 9.17) is 9.47 Å². The van der Waals surface area contributed by atoms with E-state index in [0.29, 0.717) is 11.1 Å². The third kappa shape index (κ3) is 8.72. The van der Waals surface area contributed by atoms with Gasteiger partial charge in [0.05, 0.1) is 14.2 Å². The molecular weight excluding hydrogens is 685 g/mol. The molecule has 0 fully saturated rings. The van der Waals surface area contributed by atoms with Gasteiger partial charge in [-0.3, -0.25) is 29.0 Å². The van der Waals surface area contributed by atoms with Crippen LogP contribution in [0.5, 0.6) is 11.5 Å². The fourth-order valence-electron chi connectivity index (χ4n) is 4.63. The molecule has 258 valence electrons. The molecule has 2 heterocycles. The van der Waals surface area contributed by atoms with Crippen molar-refractivity contribution in [3.8, 4) is 11.5 Å². The molecule has 5 aromatic rings. The molecule has 0 aliphatic rings. The van der Waals surface area contributed by atoms with Crippen LogP contribution in [0.3, 0.4) is 0 Å². The molecule has 0 aliphatic heterocycles. The smallest absolute Gasteiger partial charge is 0.265 e. The number of rotatable bonds is 14. The number of nitrogens with one attached hydrogen (secondary N) is 4. The lowest BCUT2D eigenvalue weighted by molar-refractivity contribution is 0.0943. The van der Waals surface area contributed by atoms with Crippen LogP contribution in [0.25, 0.3) is 0 Å². The summed E-state index contributed by atoms with van der Waals surface area (Å²) in [6.07, 6.45) is 6.46. The summed E-state index contributed by atoms with van der Waals surface area (Å²) < 4.78 is 69.6. The van der Waals surface area contributed by atoms with Crippen LogP contribution < -0.4 is 29.6 Å². The van der Waals surface area contributed by atoms with Gasteiger partial charge in [0.1, 0.15) is 21.3 Å². The van der Waals surface area contributed by atoms with E-state index in [1.165, 1.54) is 62.8 Å². The van der Waals surface area contributed by atoms with Gasteiger partial charge in [0.15, 0.2) is 0 Å². The highest BCUT2D eigenvalue weighted by atomic mass is 32.2. The van der Waals surface area contributed by atoms with Gasteiger partial charge in [0, 0.05) is 66.4 Å². The highest BCUT2D eigenvalue weighted by molar-refractivity contribution is 7.93. The maximum absolute atomic E-state index is 13.6. The summed E-state index contributed by atoms with van der Waals surface area (Å²) in [6.45, 7) is 0.562. The van der Waals surface area contributed by atoms with Crippen LogP contribution in [0.1, 0.15) is 31.8 Å². The monoisotopic (exact) mass is 716 g/mol. The SMILES string of the molecule is COc1cc(OC)c(S(=O)(=O)Nc2ccc(C(=O)NCc3ccncc3)cc2)cc1S(=O)(=O)Nc1ccc(C(=O)NCc2ccncc2)cc1. The number of sulfonamides is 2. The highest BCUT2D eigenvalue weighted by Crippen LogP contribution is 2.36. The maximum atomic E-state index is 13.6. The highest BCUT2D eigenvalue weighted by Gasteiger charge is 2.28. The van der Waals surface area contributed by atoms with Crippen LogP contribution in [0, 0.1) is 0 Å². The number of nitrogens with zero attached hydrogens (tertiary/aromatic N) is 2. The Hall–Kier alpha value is -6.00. The third-order valence-electron chi connectivity index (χ3n) is 7.23. The molecule has 4 N–H and O–H groups in total. The molecule has 0 spiro atoms. The van der Waals surface area contributed by atoms with E-state index < -0.39 is 29.8 Å². The molecule has 0 unspecified atom stereocenters. The number of benzene rings is 3. The lowest BCUT2D eigenvalue weighted by Crippen LogP contribution is -2.23. The van der Waals surface area contributed by atoms with E-state index in [1.54, 1.807) is 49.1 Å². The van der Waals surface area contributed by atoms with Crippen LogP contribution in [-0.4, -0.2) is 52.8 Å². The molecule has 0 radical (unpaired) electrons. The number of methoxy groups -OCH3 is 2. The molecule has 0 bridgehead atoms. The molecule has 0 atom stereocenters. The molecule has 3 aromatic carbocycles. The van der Waals surface area contributed by atoms with E-state index in [2.05, 4.69) is 30.0 Å². The van der Waals surface area contributed by atoms with Crippen molar-refractivity contribution in [3.05, 3.63) is 132 Å². The zero-order valence-electron chi connectivity index (χ0n) is 26.8. The number of carbonyl (C=O) groups is 2. The van der Waals surface area contributed by atoms with Crippen molar-refractivity contribution in [3.63, 3.8) is 0 Å². The number of hydrogen-bond donors (Lipinski definition) is 4. The van der Waals surface area contributed by atoms with E-state index in [0.717, 1.165) is 23.3 Å². The Balaban J connectivity index is 1.31. The molecule has 50 heavy (non-hydrogen) atoms. The minimum atomic E-state index is -4.43. The van der Waals surface area contributed by atoms with Gasteiger partial charge in [0.2, 0.25) is 0 Å². The number of hydrogen-bond acceptors (Lipinski definition) is 10. The van der Waals surface area contributed by atoms with Crippen molar-refractivity contribution in [1.29, 1.82) is 0 Å². The quantitative estimate of drug-likeness (QED) is 0.131. The summed E-state index contributed by atoms with van der Waals surface area (Å²) in [6, 6.07) is 20.5. The van der Waals surface area contributed by atoms with Crippen LogP contribution in [-0.2, 0) is 33.1 Å². The first kappa shape index (κ1) is 35.3. The molecule has 0 aliphatic carbocycles. The number of anilines is 2. The third-order valence-corrected chi connectivity index (χ3v) is 10.0. The van der Waals surface area contributed by atoms with Gasteiger partial charge in [-0.2, -0.15) is 0 Å². The van der Waals surface area contributed by atoms with Crippen LogP contribution in [0.15, 0.2) is 120 Å². The summed E-state index contributed by atoms with van der Waals surface area (Å²) in [4.78, 5) is 32.1. The topological polar surface area (TPSA) is 195 Å². The first-order valence-corrected chi connectivity index (χ1v) is 17.8. The predicted octanol–water partition coefficient (Wildman–Crippen LogP) is 3.96. The normalized spacial score (nSPS) is 11.2. The van der Waals surface area contributed by atoms with Crippen molar-refractivity contribution in [2.45, 2.75) is 22.9 Å². The van der Waals surface area contributed by atoms with Gasteiger partial charge in [-0.05, 0) is 90.0 Å². The number of carbonyl (C=O) groups excluding carboxylic acids is 2. The van der Waals surface area contributed by atoms with Gasteiger partial charge in [-0.1, -0.05) is 0 Å². The van der Waals surface area contributed by atoms with Gasteiger partial charge in [-0.15, -0.1) is 0 Å². The first-order chi connectivity index (χ1) is 24.0. The van der Waals surface area contributed by atoms with E-state index in [1.807, 2.05) is 0 Å². The fourth-order valence-corrected chi connectivity index (χ4v) is 7.18. The Labute approximate surface area is 289 Å². The second kappa shape index (κ2) is 15.5. The number of amides is 2. The molecule has 2 amide bonds. The van der Waals surface area contributed by atoms with Crippen molar-refractivity contribution >= 4 is 43.2 Å². The summed E-state index contributed by atoms with van der Waals surface area (Å²) >= 11 is 0. The molecule has 0 saturated heterocycles. The Morgan fingerprint density at radius 1 is 0.560 bits per heavy atom. The number of pyridine rings is 2. The van der Waals surface area contributed by atoms with E-state index in [9.17, 15) is 26.4 Å². The van der Waals surface area contributed by atoms with Crippen LogP contribution in [0.2, 0.25) is 0 Å². The van der Waals surface area contributed by atoms with Gasteiger partial charge in [0.25, 0.3) is 31.9 Å². The Morgan fingerprint density at radius 2 is 0.920 bits per heavy atom. The summed E-state index contributed by atoms with van der Waals surface area (Å²) in [7, 11) is -6.41. The lowest BCUT2D eigenvalue weighted by Gasteiger charge is -2.17. The second-order valence-corrected chi connectivity index (χ2v) is 13.9. The van der Waals surface area contributed by atoms with Gasteiger partial charge in [-0.25, -0.2) is 16.8 Å². The second-order valence-electron chi connectivity index (χ2n) is 10.6. The van der Waals surface area contributed by atoms with Gasteiger partial charge >= 0.3 is 0 Å². The summed E-state index contributed by atoms with van der Waals surface area (Å²) in [5, 5.41) is 5.55. The molecule has 2 aromatic heterocycles. The summed E-state index contributed by atoms with van der Waals surface area (Å²) in [5.41, 5.74) is 2.53. The zero-order chi connectivity index (χ0) is 35.7. The van der Waals surface area contributed by atoms with Crippen molar-refractivity contribution in [2.24, 2.45) is 0 Å². The van der Waals surface area contributed by atoms with Crippen LogP contribution >= 0.6 is 0 Å². The van der Waals surface area contributed by atoms with E-state index in [-0.39, 0.29) is 47.8 Å². The first-order valence-electron chi connectivity index (χ1n) is 14.8. The average Bonchev–Trinajstić information content (AvgIpc) is 3.13. The number of aromatic nitrogens is 2. The maximum Gasteiger partial charge on any atom is 0.265 e. The summed E-state index contributed by atoms with van der Waals surface area (Å²) in [5.74, 6) is -1.09. The van der Waals surface area contributed by atoms with E-state index >= 15 is 0 Å². The molecule has 16 heteroatoms. The molecule has 5 rings (SSSR count). The molecular formula is C34H32N6O8S2. The lowest BCUT2D eigenvalue weighted by atomic mass is 10.2. The Bertz CT molecular complexity index is 2030. The Morgan fingerprint density at radius 3 is 1.26 bits per heavy atom. The molecule has 14 nitrogen and oxygen atoms in total. The minimum Gasteiger partial charge on any atom is -0.495 e. The van der Waals surface area contributed by atoms with Crippen molar-refractivity contribution < 1.29 is 35.9 Å². The predicted molar refractivity (Wildman–Crippen MR) is 185 cm³/mol. The van der Waals surface area contributed by atoms with Crippen molar-refractivity contribution in [1.82, 2.24) is 20.6 Å². The standard InChI is InChI=1S/C34H32N6O8S2/c1-47-29-19-30(48-2)32(50(45,46)40-28-9-5-26(6-10-28)34(42)38-22-24-13-17-36-18-14-24)20-31(29)49(43,44)39-27-7-3-25(4-8-27)33(41)37-21-23-11-15-35-16-12-23/h3-20,39-40H,21-22H2,1-2H3,(H,37,41)(H,38,42). The minimum absolute atomic E-state index is 0.112. The van der Waals surface area contributed by atoms with Gasteiger partial charge < -0.3 is 20.1 Å². The average molecular weight is 717 g/mol. The fraction of sp³-hybridized carbons (Fsp3) is 0.118.